The molecule has 1 aromatic carbocycles. The molecule has 0 unspecified atom stereocenters. The van der Waals surface area contributed by atoms with Gasteiger partial charge in [-0.05, 0) is 31.0 Å². The number of hydrogen-bond acceptors (Lipinski definition) is 4. The van der Waals surface area contributed by atoms with E-state index in [9.17, 15) is 18.0 Å². The lowest BCUT2D eigenvalue weighted by Gasteiger charge is -2.27. The van der Waals surface area contributed by atoms with E-state index >= 15 is 0 Å². The molecular weight excluding hydrogens is 411 g/mol. The molecule has 0 saturated carbocycles. The quantitative estimate of drug-likeness (QED) is 0.676. The minimum absolute atomic E-state index is 0.0150. The van der Waals surface area contributed by atoms with Crippen molar-refractivity contribution >= 4 is 39.7 Å². The van der Waals surface area contributed by atoms with E-state index in [0.29, 0.717) is 23.8 Å². The molecule has 1 N–H and O–H groups in total. The summed E-state index contributed by atoms with van der Waals surface area (Å²) >= 11 is 7.47. The molecule has 0 radical (unpaired) electrons. The minimum Gasteiger partial charge on any atom is -0.358 e. The highest BCUT2D eigenvalue weighted by Crippen LogP contribution is 2.37. The van der Waals surface area contributed by atoms with Gasteiger partial charge in [-0.1, -0.05) is 32.4 Å². The molecule has 9 heteroatoms. The summed E-state index contributed by atoms with van der Waals surface area (Å²) in [5, 5.41) is 5.25. The maximum atomic E-state index is 12.9. The average Bonchev–Trinajstić information content (AvgIpc) is 3.22. The number of carbonyl (C=O) groups is 1. The van der Waals surface area contributed by atoms with E-state index < -0.39 is 17.8 Å². The van der Waals surface area contributed by atoms with Crippen molar-refractivity contribution in [1.82, 2.24) is 4.98 Å². The summed E-state index contributed by atoms with van der Waals surface area (Å²) in [6, 6.07) is 2.72. The summed E-state index contributed by atoms with van der Waals surface area (Å²) in [6.45, 7) is 6.67. The number of thiazole rings is 1. The number of nitrogens with one attached hydrogen (secondary N) is 1. The van der Waals surface area contributed by atoms with Crippen molar-refractivity contribution in [2.45, 2.75) is 51.2 Å². The Morgan fingerprint density at radius 3 is 2.61 bits per heavy atom. The molecule has 4 nitrogen and oxygen atoms in total. The highest BCUT2D eigenvalue weighted by molar-refractivity contribution is 7.14. The molecule has 1 atom stereocenters. The highest BCUT2D eigenvalue weighted by atomic mass is 35.5. The second-order valence-electron chi connectivity index (χ2n) is 7.79. The summed E-state index contributed by atoms with van der Waals surface area (Å²) in [7, 11) is 0. The number of rotatable bonds is 3. The van der Waals surface area contributed by atoms with Gasteiger partial charge < -0.3 is 10.2 Å². The minimum atomic E-state index is -4.46. The van der Waals surface area contributed by atoms with Crippen LogP contribution in [0.1, 0.15) is 44.9 Å². The number of anilines is 2. The van der Waals surface area contributed by atoms with Crippen LogP contribution < -0.4 is 10.2 Å². The predicted octanol–water partition coefficient (Wildman–Crippen LogP) is 5.72. The largest absolute Gasteiger partial charge is 0.416 e. The Balaban J connectivity index is 1.77. The van der Waals surface area contributed by atoms with Gasteiger partial charge in [-0.3, -0.25) is 4.79 Å². The van der Waals surface area contributed by atoms with Gasteiger partial charge in [-0.25, -0.2) is 4.98 Å². The van der Waals surface area contributed by atoms with Crippen LogP contribution in [0.15, 0.2) is 23.6 Å². The molecule has 2 heterocycles. The van der Waals surface area contributed by atoms with Crippen LogP contribution >= 0.6 is 22.9 Å². The lowest BCUT2D eigenvalue weighted by Crippen LogP contribution is -2.39. The average molecular weight is 432 g/mol. The molecule has 0 spiro atoms. The number of benzene rings is 1. The molecule has 0 aliphatic carbocycles. The molecule has 28 heavy (non-hydrogen) atoms. The zero-order valence-corrected chi connectivity index (χ0v) is 17.3. The Hall–Kier alpha value is -1.80. The number of hydrogen-bond donors (Lipinski definition) is 1. The van der Waals surface area contributed by atoms with Gasteiger partial charge in [0.05, 0.1) is 22.0 Å². The van der Waals surface area contributed by atoms with Crippen LogP contribution in [-0.4, -0.2) is 23.5 Å². The highest BCUT2D eigenvalue weighted by Gasteiger charge is 2.35. The second kappa shape index (κ2) is 7.55. The van der Waals surface area contributed by atoms with Crippen molar-refractivity contribution in [3.05, 3.63) is 39.9 Å². The van der Waals surface area contributed by atoms with Crippen LogP contribution in [0.2, 0.25) is 5.02 Å². The number of carbonyl (C=O) groups excluding carboxylic acids is 1. The summed E-state index contributed by atoms with van der Waals surface area (Å²) in [5.41, 5.74) is 0.398. The second-order valence-corrected chi connectivity index (χ2v) is 9.06. The molecule has 1 aliphatic heterocycles. The molecule has 152 valence electrons. The third kappa shape index (κ3) is 4.43. The van der Waals surface area contributed by atoms with Crippen molar-refractivity contribution in [3.8, 4) is 0 Å². The van der Waals surface area contributed by atoms with Crippen LogP contribution in [-0.2, 0) is 16.4 Å². The van der Waals surface area contributed by atoms with E-state index in [2.05, 4.69) is 10.3 Å². The zero-order valence-electron chi connectivity index (χ0n) is 15.7. The topological polar surface area (TPSA) is 45.2 Å². The number of amides is 1. The molecule has 1 amide bonds. The Morgan fingerprint density at radius 2 is 2.04 bits per heavy atom. The summed E-state index contributed by atoms with van der Waals surface area (Å²) in [4.78, 5) is 19.0. The van der Waals surface area contributed by atoms with Gasteiger partial charge in [0, 0.05) is 17.3 Å². The standard InChI is InChI=1S/C19H21ClF3N3OS/c1-18(2,3)15-10-28-17(24-15)25-16(27)14-5-4-8-26(14)13-7-6-11(9-12(13)20)19(21,22)23/h6-7,9-10,14H,4-5,8H2,1-3H3,(H,24,25,27)/t14-/m0/s1. The first-order valence-electron chi connectivity index (χ1n) is 8.87. The van der Waals surface area contributed by atoms with Crippen LogP contribution in [0.4, 0.5) is 24.0 Å². The van der Waals surface area contributed by atoms with Crippen molar-refractivity contribution < 1.29 is 18.0 Å². The number of halogens is 4. The SMILES string of the molecule is CC(C)(C)c1csc(NC(=O)[C@@H]2CCCN2c2ccc(C(F)(F)F)cc2Cl)n1. The zero-order chi connectivity index (χ0) is 20.7. The molecule has 2 aromatic rings. The molecule has 1 saturated heterocycles. The molecule has 1 aromatic heterocycles. The number of nitrogens with zero attached hydrogens (tertiary/aromatic N) is 2. The maximum absolute atomic E-state index is 12.9. The van der Waals surface area contributed by atoms with E-state index in [1.807, 2.05) is 26.2 Å². The summed E-state index contributed by atoms with van der Waals surface area (Å²) in [6.07, 6.45) is -3.11. The molecular formula is C19H21ClF3N3OS. The summed E-state index contributed by atoms with van der Waals surface area (Å²) in [5.74, 6) is -0.233. The Kier molecular flexibility index (Phi) is 5.64. The van der Waals surface area contributed by atoms with E-state index in [0.717, 1.165) is 24.2 Å². The fraction of sp³-hybridized carbons (Fsp3) is 0.474. The first kappa shape index (κ1) is 20.9. The Labute approximate surface area is 170 Å². The van der Waals surface area contributed by atoms with Gasteiger partial charge >= 0.3 is 6.18 Å². The fourth-order valence-corrected chi connectivity index (χ4v) is 4.34. The molecule has 3 rings (SSSR count). The Bertz CT molecular complexity index is 876. The van der Waals surface area contributed by atoms with Crippen LogP contribution in [0.3, 0.4) is 0 Å². The molecule has 0 bridgehead atoms. The maximum Gasteiger partial charge on any atom is 0.416 e. The van der Waals surface area contributed by atoms with Crippen molar-refractivity contribution in [2.24, 2.45) is 0 Å². The third-order valence-electron chi connectivity index (χ3n) is 4.64. The first-order valence-corrected chi connectivity index (χ1v) is 10.1. The normalized spacial score (nSPS) is 17.8. The lowest BCUT2D eigenvalue weighted by molar-refractivity contribution is -0.137. The number of alkyl halides is 3. The molecule has 1 aliphatic rings. The van der Waals surface area contributed by atoms with Crippen molar-refractivity contribution in [3.63, 3.8) is 0 Å². The van der Waals surface area contributed by atoms with E-state index in [-0.39, 0.29) is 16.3 Å². The third-order valence-corrected chi connectivity index (χ3v) is 5.70. The lowest BCUT2D eigenvalue weighted by atomic mass is 9.93. The molecule has 1 fully saturated rings. The van der Waals surface area contributed by atoms with E-state index in [1.165, 1.54) is 17.4 Å². The van der Waals surface area contributed by atoms with Gasteiger partial charge in [0.15, 0.2) is 5.13 Å². The van der Waals surface area contributed by atoms with Crippen molar-refractivity contribution in [2.75, 3.05) is 16.8 Å². The van der Waals surface area contributed by atoms with Gasteiger partial charge in [0.2, 0.25) is 5.91 Å². The van der Waals surface area contributed by atoms with Gasteiger partial charge in [-0.2, -0.15) is 13.2 Å². The van der Waals surface area contributed by atoms with Gasteiger partial charge in [-0.15, -0.1) is 11.3 Å². The fourth-order valence-electron chi connectivity index (χ4n) is 3.11. The van der Waals surface area contributed by atoms with Crippen LogP contribution in [0.25, 0.3) is 0 Å². The first-order chi connectivity index (χ1) is 13.0. The number of aromatic nitrogens is 1. The monoisotopic (exact) mass is 431 g/mol. The smallest absolute Gasteiger partial charge is 0.358 e. The van der Waals surface area contributed by atoms with Crippen LogP contribution in [0, 0.1) is 0 Å². The van der Waals surface area contributed by atoms with Gasteiger partial charge in [0.1, 0.15) is 6.04 Å². The van der Waals surface area contributed by atoms with E-state index in [1.54, 1.807) is 4.90 Å². The van der Waals surface area contributed by atoms with Gasteiger partial charge in [0.25, 0.3) is 0 Å². The summed E-state index contributed by atoms with van der Waals surface area (Å²) < 4.78 is 38.6. The van der Waals surface area contributed by atoms with Crippen LogP contribution in [0.5, 0.6) is 0 Å². The Morgan fingerprint density at radius 1 is 1.32 bits per heavy atom. The van der Waals surface area contributed by atoms with Crippen molar-refractivity contribution in [1.29, 1.82) is 0 Å². The predicted molar refractivity (Wildman–Crippen MR) is 106 cm³/mol. The van der Waals surface area contributed by atoms with E-state index in [4.69, 9.17) is 11.6 Å².